The van der Waals surface area contributed by atoms with Gasteiger partial charge in [-0.15, -0.1) is 11.3 Å². The monoisotopic (exact) mass is 510 g/mol. The van der Waals surface area contributed by atoms with E-state index >= 15 is 0 Å². The summed E-state index contributed by atoms with van der Waals surface area (Å²) >= 11 is 9.97. The van der Waals surface area contributed by atoms with Crippen molar-refractivity contribution in [3.8, 4) is 0 Å². The second-order valence-electron chi connectivity index (χ2n) is 9.70. The van der Waals surface area contributed by atoms with Crippen molar-refractivity contribution in [3.05, 3.63) is 52.2 Å². The van der Waals surface area contributed by atoms with Gasteiger partial charge in [0, 0.05) is 36.2 Å². The fourth-order valence-electron chi connectivity index (χ4n) is 4.96. The van der Waals surface area contributed by atoms with Crippen LogP contribution in [0.4, 0.5) is 5.82 Å². The Labute approximate surface area is 212 Å². The number of aromatic nitrogens is 3. The Hall–Kier alpha value is -1.93. The molecule has 0 unspecified atom stereocenters. The SMILES string of the molecule is CC1(C)Cc2c(c(N3CCCCC3)nc3sc4c(Cl)nc(SCc5ccccc5)nc4c23)CO1. The van der Waals surface area contributed by atoms with Crippen molar-refractivity contribution >= 4 is 61.0 Å². The van der Waals surface area contributed by atoms with Gasteiger partial charge in [-0.3, -0.25) is 0 Å². The first-order valence-electron chi connectivity index (χ1n) is 11.9. The van der Waals surface area contributed by atoms with Gasteiger partial charge in [0.2, 0.25) is 0 Å². The van der Waals surface area contributed by atoms with Crippen LogP contribution >= 0.6 is 34.7 Å². The molecule has 4 aromatic rings. The summed E-state index contributed by atoms with van der Waals surface area (Å²) in [6.07, 6.45) is 4.56. The van der Waals surface area contributed by atoms with Gasteiger partial charge in [0.25, 0.3) is 0 Å². The van der Waals surface area contributed by atoms with Crippen LogP contribution in [-0.4, -0.2) is 33.6 Å². The third kappa shape index (κ3) is 4.17. The summed E-state index contributed by atoms with van der Waals surface area (Å²) in [7, 11) is 0. The predicted octanol–water partition coefficient (Wildman–Crippen LogP) is 7.03. The van der Waals surface area contributed by atoms with Crippen LogP contribution in [0.5, 0.6) is 0 Å². The first-order chi connectivity index (χ1) is 16.5. The van der Waals surface area contributed by atoms with Gasteiger partial charge in [0.05, 0.1) is 22.4 Å². The second-order valence-corrected chi connectivity index (χ2v) is 12.0. The quantitative estimate of drug-likeness (QED) is 0.167. The number of benzene rings is 1. The van der Waals surface area contributed by atoms with E-state index in [0.717, 1.165) is 51.5 Å². The minimum Gasteiger partial charge on any atom is -0.370 e. The molecular weight excluding hydrogens is 484 g/mol. The number of rotatable bonds is 4. The zero-order valence-electron chi connectivity index (χ0n) is 19.4. The lowest BCUT2D eigenvalue weighted by atomic mass is 9.90. The lowest BCUT2D eigenvalue weighted by Gasteiger charge is -2.36. The normalized spacial score (nSPS) is 17.9. The average molecular weight is 511 g/mol. The van der Waals surface area contributed by atoms with Gasteiger partial charge in [0.1, 0.15) is 10.6 Å². The highest BCUT2D eigenvalue weighted by molar-refractivity contribution is 7.98. The van der Waals surface area contributed by atoms with E-state index in [9.17, 15) is 0 Å². The number of hydrogen-bond donors (Lipinski definition) is 0. The fourth-order valence-corrected chi connectivity index (χ4v) is 7.11. The van der Waals surface area contributed by atoms with Crippen LogP contribution < -0.4 is 4.90 Å². The van der Waals surface area contributed by atoms with Crippen LogP contribution in [0, 0.1) is 0 Å². The molecule has 1 fully saturated rings. The van der Waals surface area contributed by atoms with E-state index in [-0.39, 0.29) is 5.60 Å². The number of pyridine rings is 1. The van der Waals surface area contributed by atoms with E-state index in [1.807, 2.05) is 6.07 Å². The smallest absolute Gasteiger partial charge is 0.189 e. The maximum absolute atomic E-state index is 6.73. The molecule has 1 aromatic carbocycles. The van der Waals surface area contributed by atoms with E-state index < -0.39 is 0 Å². The number of fused-ring (bicyclic) bond motifs is 5. The molecule has 0 atom stereocenters. The molecule has 0 bridgehead atoms. The minimum absolute atomic E-state index is 0.226. The summed E-state index contributed by atoms with van der Waals surface area (Å²) in [4.78, 5) is 18.3. The second kappa shape index (κ2) is 8.94. The summed E-state index contributed by atoms with van der Waals surface area (Å²) in [6.45, 7) is 7.03. The van der Waals surface area contributed by atoms with Crippen molar-refractivity contribution in [2.75, 3.05) is 18.0 Å². The first-order valence-corrected chi connectivity index (χ1v) is 14.0. The summed E-state index contributed by atoms with van der Waals surface area (Å²) in [5, 5.41) is 2.36. The Morgan fingerprint density at radius 3 is 2.65 bits per heavy atom. The molecule has 6 rings (SSSR count). The van der Waals surface area contributed by atoms with Crippen molar-refractivity contribution in [3.63, 3.8) is 0 Å². The highest BCUT2D eigenvalue weighted by atomic mass is 35.5. The molecule has 0 spiro atoms. The lowest BCUT2D eigenvalue weighted by molar-refractivity contribution is -0.0395. The van der Waals surface area contributed by atoms with Gasteiger partial charge in [-0.25, -0.2) is 15.0 Å². The molecule has 0 radical (unpaired) electrons. The van der Waals surface area contributed by atoms with Crippen LogP contribution in [0.2, 0.25) is 5.15 Å². The van der Waals surface area contributed by atoms with Crippen LogP contribution in [-0.2, 0) is 23.5 Å². The Kier molecular flexibility index (Phi) is 5.92. The zero-order valence-corrected chi connectivity index (χ0v) is 21.8. The Balaban J connectivity index is 1.50. The molecule has 5 heterocycles. The number of halogens is 1. The van der Waals surface area contributed by atoms with Gasteiger partial charge < -0.3 is 9.64 Å². The van der Waals surface area contributed by atoms with E-state index in [2.05, 4.69) is 48.0 Å². The third-order valence-electron chi connectivity index (χ3n) is 6.67. The number of thiophene rings is 1. The predicted molar refractivity (Wildman–Crippen MR) is 142 cm³/mol. The van der Waals surface area contributed by atoms with E-state index in [0.29, 0.717) is 16.9 Å². The largest absolute Gasteiger partial charge is 0.370 e. The molecule has 0 N–H and O–H groups in total. The van der Waals surface area contributed by atoms with Crippen molar-refractivity contribution in [2.45, 2.75) is 62.6 Å². The standard InChI is InChI=1S/C26H27ClN4OS2/c1-26(2)13-17-18(14-32-26)23(31-11-7-4-8-12-31)30-24-19(17)20-21(34-24)22(27)29-25(28-20)33-15-16-9-5-3-6-10-16/h3,5-6,9-10H,4,7-8,11-15H2,1-2H3. The van der Waals surface area contributed by atoms with Crippen LogP contribution in [0.25, 0.3) is 20.4 Å². The molecule has 34 heavy (non-hydrogen) atoms. The Morgan fingerprint density at radius 1 is 1.06 bits per heavy atom. The molecule has 2 aliphatic heterocycles. The van der Waals surface area contributed by atoms with Crippen LogP contribution in [0.15, 0.2) is 35.5 Å². The molecule has 0 amide bonds. The number of anilines is 1. The van der Waals surface area contributed by atoms with Gasteiger partial charge in [0.15, 0.2) is 10.3 Å². The molecule has 8 heteroatoms. The van der Waals surface area contributed by atoms with Gasteiger partial charge in [-0.1, -0.05) is 53.7 Å². The maximum Gasteiger partial charge on any atom is 0.189 e. The van der Waals surface area contributed by atoms with Crippen molar-refractivity contribution < 1.29 is 4.74 Å². The Morgan fingerprint density at radius 2 is 1.85 bits per heavy atom. The molecule has 3 aromatic heterocycles. The summed E-state index contributed by atoms with van der Waals surface area (Å²) in [5.74, 6) is 1.90. The van der Waals surface area contributed by atoms with E-state index in [1.54, 1.807) is 23.1 Å². The topological polar surface area (TPSA) is 51.1 Å². The summed E-state index contributed by atoms with van der Waals surface area (Å²) in [5.41, 5.74) is 4.49. The van der Waals surface area contributed by atoms with Crippen LogP contribution in [0.1, 0.15) is 49.8 Å². The molecule has 176 valence electrons. The van der Waals surface area contributed by atoms with Gasteiger partial charge >= 0.3 is 0 Å². The Bertz CT molecular complexity index is 1370. The van der Waals surface area contributed by atoms with Gasteiger partial charge in [-0.05, 0) is 44.2 Å². The van der Waals surface area contributed by atoms with Gasteiger partial charge in [-0.2, -0.15) is 0 Å². The van der Waals surface area contributed by atoms with E-state index in [4.69, 9.17) is 26.3 Å². The average Bonchev–Trinajstić information content (AvgIpc) is 3.22. The molecule has 5 nitrogen and oxygen atoms in total. The zero-order chi connectivity index (χ0) is 23.3. The number of piperidine rings is 1. The first kappa shape index (κ1) is 22.5. The number of hydrogen-bond acceptors (Lipinski definition) is 7. The van der Waals surface area contributed by atoms with Crippen LogP contribution in [0.3, 0.4) is 0 Å². The van der Waals surface area contributed by atoms with Crippen molar-refractivity contribution in [1.29, 1.82) is 0 Å². The fraction of sp³-hybridized carbons (Fsp3) is 0.423. The third-order valence-corrected chi connectivity index (χ3v) is 9.06. The number of ether oxygens (including phenoxy) is 1. The molecular formula is C26H27ClN4OS2. The minimum atomic E-state index is -0.226. The molecule has 2 aliphatic rings. The maximum atomic E-state index is 6.73. The summed E-state index contributed by atoms with van der Waals surface area (Å²) < 4.78 is 7.20. The molecule has 1 saturated heterocycles. The van der Waals surface area contributed by atoms with E-state index in [1.165, 1.54) is 36.0 Å². The molecule has 0 saturated carbocycles. The van der Waals surface area contributed by atoms with Crippen molar-refractivity contribution in [2.24, 2.45) is 0 Å². The number of thioether (sulfide) groups is 1. The highest BCUT2D eigenvalue weighted by Gasteiger charge is 2.33. The number of nitrogens with zero attached hydrogens (tertiary/aromatic N) is 4. The lowest BCUT2D eigenvalue weighted by Crippen LogP contribution is -2.36. The highest BCUT2D eigenvalue weighted by Crippen LogP contribution is 2.44. The molecule has 0 aliphatic carbocycles. The van der Waals surface area contributed by atoms with Crippen molar-refractivity contribution in [1.82, 2.24) is 15.0 Å². The summed E-state index contributed by atoms with van der Waals surface area (Å²) in [6, 6.07) is 10.4.